The Bertz CT molecular complexity index is 970. The van der Waals surface area contributed by atoms with Crippen LogP contribution >= 0.6 is 11.3 Å². The fourth-order valence-electron chi connectivity index (χ4n) is 2.79. The summed E-state index contributed by atoms with van der Waals surface area (Å²) in [6, 6.07) is 18.3. The quantitative estimate of drug-likeness (QED) is 0.287. The number of benzene rings is 2. The summed E-state index contributed by atoms with van der Waals surface area (Å²) in [5.74, 6) is -0.296. The van der Waals surface area contributed by atoms with Gasteiger partial charge in [0.05, 0.1) is 4.92 Å². The number of amides is 1. The van der Waals surface area contributed by atoms with Crippen molar-refractivity contribution in [3.63, 3.8) is 0 Å². The highest BCUT2D eigenvalue weighted by molar-refractivity contribution is 7.19. The first-order valence-electron chi connectivity index (χ1n) is 9.07. The second kappa shape index (κ2) is 9.14. The van der Waals surface area contributed by atoms with E-state index in [9.17, 15) is 14.9 Å². The van der Waals surface area contributed by atoms with E-state index in [4.69, 9.17) is 0 Å². The molecule has 3 aromatic rings. The van der Waals surface area contributed by atoms with E-state index in [0.29, 0.717) is 10.6 Å². The van der Waals surface area contributed by atoms with Crippen molar-refractivity contribution in [2.24, 2.45) is 0 Å². The lowest BCUT2D eigenvalue weighted by molar-refractivity contribution is -0.380. The Morgan fingerprint density at radius 2 is 1.89 bits per heavy atom. The summed E-state index contributed by atoms with van der Waals surface area (Å²) in [4.78, 5) is 23.2. The van der Waals surface area contributed by atoms with E-state index in [1.807, 2.05) is 42.5 Å². The molecule has 0 fully saturated rings. The lowest BCUT2D eigenvalue weighted by Crippen LogP contribution is -2.13. The number of hydrogen-bond acceptors (Lipinski definition) is 5. The van der Waals surface area contributed by atoms with E-state index >= 15 is 0 Å². The third-order valence-electron chi connectivity index (χ3n) is 4.22. The molecular formula is C21H21N3O3S. The van der Waals surface area contributed by atoms with Gasteiger partial charge < -0.3 is 10.6 Å². The first-order chi connectivity index (χ1) is 13.6. The van der Waals surface area contributed by atoms with Gasteiger partial charge in [0.15, 0.2) is 0 Å². The van der Waals surface area contributed by atoms with Crippen molar-refractivity contribution in [1.29, 1.82) is 0 Å². The van der Waals surface area contributed by atoms with Gasteiger partial charge >= 0.3 is 5.00 Å². The normalized spacial score (nSPS) is 10.5. The first-order valence-corrected chi connectivity index (χ1v) is 9.89. The number of unbranched alkanes of at least 4 members (excludes halogenated alkanes) is 1. The van der Waals surface area contributed by atoms with Crippen molar-refractivity contribution in [2.45, 2.75) is 19.8 Å². The molecule has 3 rings (SSSR count). The van der Waals surface area contributed by atoms with Crippen LogP contribution < -0.4 is 10.6 Å². The number of nitrogens with zero attached hydrogens (tertiary/aromatic N) is 1. The number of carbonyl (C=O) groups is 1. The average molecular weight is 395 g/mol. The van der Waals surface area contributed by atoms with Gasteiger partial charge in [0, 0.05) is 23.9 Å². The lowest BCUT2D eigenvalue weighted by Gasteiger charge is -2.13. The van der Waals surface area contributed by atoms with Crippen molar-refractivity contribution >= 4 is 32.9 Å². The summed E-state index contributed by atoms with van der Waals surface area (Å²) in [6.45, 7) is 3.01. The molecule has 0 aliphatic rings. The largest absolute Gasteiger partial charge is 0.385 e. The molecule has 6 nitrogen and oxygen atoms in total. The molecule has 28 heavy (non-hydrogen) atoms. The minimum Gasteiger partial charge on any atom is -0.385 e. The number of anilines is 2. The predicted molar refractivity (Wildman–Crippen MR) is 114 cm³/mol. The molecule has 1 heterocycles. The van der Waals surface area contributed by atoms with E-state index < -0.39 is 4.92 Å². The maximum absolute atomic E-state index is 12.9. The summed E-state index contributed by atoms with van der Waals surface area (Å²) in [5.41, 5.74) is 3.22. The summed E-state index contributed by atoms with van der Waals surface area (Å²) in [6.07, 6.45) is 2.17. The molecule has 144 valence electrons. The fraction of sp³-hybridized carbons (Fsp3) is 0.190. The van der Waals surface area contributed by atoms with Gasteiger partial charge in [-0.3, -0.25) is 14.9 Å². The third-order valence-corrected chi connectivity index (χ3v) is 5.17. The van der Waals surface area contributed by atoms with Crippen LogP contribution in [0.4, 0.5) is 15.7 Å². The van der Waals surface area contributed by atoms with Crippen LogP contribution in [0.2, 0.25) is 0 Å². The number of nitro groups is 1. The van der Waals surface area contributed by atoms with E-state index in [1.54, 1.807) is 12.1 Å². The Hall–Kier alpha value is -3.19. The number of nitrogens with one attached hydrogen (secondary N) is 2. The Morgan fingerprint density at radius 1 is 1.11 bits per heavy atom. The monoisotopic (exact) mass is 395 g/mol. The molecule has 0 unspecified atom stereocenters. The lowest BCUT2D eigenvalue weighted by atomic mass is 9.98. The maximum atomic E-state index is 12.9. The van der Waals surface area contributed by atoms with Gasteiger partial charge in [-0.25, -0.2) is 0 Å². The zero-order valence-electron chi connectivity index (χ0n) is 15.5. The third kappa shape index (κ3) is 4.75. The Kier molecular flexibility index (Phi) is 6.39. The smallest absolute Gasteiger partial charge is 0.326 e. The van der Waals surface area contributed by atoms with Gasteiger partial charge in [-0.15, -0.1) is 0 Å². The molecule has 0 atom stereocenters. The van der Waals surface area contributed by atoms with Gasteiger partial charge in [-0.2, -0.15) is 0 Å². The minimum absolute atomic E-state index is 0.00550. The number of hydrogen-bond donors (Lipinski definition) is 2. The first kappa shape index (κ1) is 19.6. The summed E-state index contributed by atoms with van der Waals surface area (Å²) in [5, 5.41) is 17.4. The molecule has 1 amide bonds. The van der Waals surface area contributed by atoms with Crippen LogP contribution in [-0.2, 0) is 0 Å². The molecule has 2 aromatic carbocycles. The molecule has 0 bridgehead atoms. The Labute approximate surface area is 167 Å². The minimum atomic E-state index is -0.466. The fourth-order valence-corrected chi connectivity index (χ4v) is 3.51. The molecular weight excluding hydrogens is 374 g/mol. The van der Waals surface area contributed by atoms with Gasteiger partial charge in [0.2, 0.25) is 0 Å². The van der Waals surface area contributed by atoms with Crippen LogP contribution in [0.15, 0.2) is 60.7 Å². The maximum Gasteiger partial charge on any atom is 0.326 e. The molecule has 7 heteroatoms. The van der Waals surface area contributed by atoms with Crippen molar-refractivity contribution < 1.29 is 9.72 Å². The number of rotatable bonds is 8. The number of carbonyl (C=O) groups excluding carboxylic acids is 1. The highest BCUT2D eigenvalue weighted by atomic mass is 32.1. The Balaban J connectivity index is 1.89. The van der Waals surface area contributed by atoms with Crippen LogP contribution in [-0.4, -0.2) is 17.4 Å². The standard InChI is InChI=1S/C21H21N3O3S/c1-2-3-13-22-16-9-10-17(18(14-16)15-7-5-4-6-8-15)21(25)23-19-11-12-20(28-19)24(26)27/h4-12,14,22H,2-3,13H2,1H3,(H,23,25). The van der Waals surface area contributed by atoms with E-state index in [1.165, 1.54) is 6.07 Å². The summed E-state index contributed by atoms with van der Waals surface area (Å²) < 4.78 is 0. The molecule has 0 saturated carbocycles. The SMILES string of the molecule is CCCCNc1ccc(C(=O)Nc2ccc([N+](=O)[O-])s2)c(-c2ccccc2)c1. The summed E-state index contributed by atoms with van der Waals surface area (Å²) >= 11 is 0.939. The molecule has 0 aliphatic heterocycles. The van der Waals surface area contributed by atoms with E-state index in [0.717, 1.165) is 47.5 Å². The van der Waals surface area contributed by atoms with Crippen LogP contribution in [0.3, 0.4) is 0 Å². The zero-order chi connectivity index (χ0) is 19.9. The van der Waals surface area contributed by atoms with E-state index in [2.05, 4.69) is 17.6 Å². The number of thiophene rings is 1. The van der Waals surface area contributed by atoms with Crippen LogP contribution in [0.5, 0.6) is 0 Å². The van der Waals surface area contributed by atoms with Crippen molar-refractivity contribution in [3.8, 4) is 11.1 Å². The predicted octanol–water partition coefficient (Wildman–Crippen LogP) is 5.79. The van der Waals surface area contributed by atoms with Crippen LogP contribution in [0.25, 0.3) is 11.1 Å². The van der Waals surface area contributed by atoms with Crippen LogP contribution in [0.1, 0.15) is 30.1 Å². The molecule has 0 spiro atoms. The average Bonchev–Trinajstić information content (AvgIpc) is 3.17. The topological polar surface area (TPSA) is 84.3 Å². The van der Waals surface area contributed by atoms with Gasteiger partial charge in [-0.05, 0) is 53.1 Å². The molecule has 2 N–H and O–H groups in total. The molecule has 0 saturated heterocycles. The van der Waals surface area contributed by atoms with Gasteiger partial charge in [-0.1, -0.05) is 43.7 Å². The van der Waals surface area contributed by atoms with Crippen molar-refractivity contribution in [3.05, 3.63) is 76.3 Å². The second-order valence-corrected chi connectivity index (χ2v) is 7.32. The zero-order valence-corrected chi connectivity index (χ0v) is 16.3. The van der Waals surface area contributed by atoms with Crippen molar-refractivity contribution in [1.82, 2.24) is 0 Å². The molecule has 1 aromatic heterocycles. The van der Waals surface area contributed by atoms with E-state index in [-0.39, 0.29) is 10.9 Å². The molecule has 0 aliphatic carbocycles. The van der Waals surface area contributed by atoms with Crippen molar-refractivity contribution in [2.75, 3.05) is 17.2 Å². The highest BCUT2D eigenvalue weighted by Gasteiger charge is 2.16. The van der Waals surface area contributed by atoms with Crippen LogP contribution in [0, 0.1) is 10.1 Å². The summed E-state index contributed by atoms with van der Waals surface area (Å²) in [7, 11) is 0. The Morgan fingerprint density at radius 3 is 2.57 bits per heavy atom. The highest BCUT2D eigenvalue weighted by Crippen LogP contribution is 2.31. The molecule has 0 radical (unpaired) electrons. The van der Waals surface area contributed by atoms with Gasteiger partial charge in [0.1, 0.15) is 5.00 Å². The second-order valence-electron chi connectivity index (χ2n) is 6.26. The van der Waals surface area contributed by atoms with Gasteiger partial charge in [0.25, 0.3) is 5.91 Å².